The Morgan fingerprint density at radius 1 is 1.11 bits per heavy atom. The smallest absolute Gasteiger partial charge is 0.227 e. The van der Waals surface area contributed by atoms with Crippen LogP contribution in [0.4, 0.5) is 17.3 Å². The molecule has 3 aromatic rings. The molecule has 9 heteroatoms. The number of nitrogens with one attached hydrogen (secondary N) is 1. The first kappa shape index (κ1) is 23.2. The highest BCUT2D eigenvalue weighted by Crippen LogP contribution is 2.33. The molecule has 0 atom stereocenters. The lowest BCUT2D eigenvalue weighted by Crippen LogP contribution is -2.36. The molecule has 2 saturated heterocycles. The van der Waals surface area contributed by atoms with Crippen LogP contribution in [0.2, 0.25) is 5.02 Å². The van der Waals surface area contributed by atoms with Gasteiger partial charge < -0.3 is 15.1 Å². The minimum atomic E-state index is 0.112. The summed E-state index contributed by atoms with van der Waals surface area (Å²) in [6.45, 7) is 3.89. The molecule has 2 aliphatic heterocycles. The van der Waals surface area contributed by atoms with E-state index < -0.39 is 0 Å². The van der Waals surface area contributed by atoms with E-state index in [0.717, 1.165) is 43.6 Å². The predicted octanol–water partition coefficient (Wildman–Crippen LogP) is 4.79. The number of nitrogens with zero attached hydrogens (tertiary/aromatic N) is 5. The Hall–Kier alpha value is -3.52. The molecule has 4 heterocycles. The maximum atomic E-state index is 12.1. The van der Waals surface area contributed by atoms with Gasteiger partial charge in [-0.05, 0) is 42.9 Å². The van der Waals surface area contributed by atoms with Gasteiger partial charge in [0.15, 0.2) is 0 Å². The van der Waals surface area contributed by atoms with Crippen molar-refractivity contribution in [2.24, 2.45) is 0 Å². The van der Waals surface area contributed by atoms with Crippen molar-refractivity contribution >= 4 is 40.7 Å². The van der Waals surface area contributed by atoms with Gasteiger partial charge in [-0.3, -0.25) is 14.6 Å². The van der Waals surface area contributed by atoms with E-state index in [1.807, 2.05) is 23.1 Å². The van der Waals surface area contributed by atoms with E-state index in [1.54, 1.807) is 30.4 Å². The molecular weight excluding hydrogens is 464 g/mol. The lowest BCUT2D eigenvalue weighted by atomic mass is 9.88. The summed E-state index contributed by atoms with van der Waals surface area (Å²) < 4.78 is 0. The third kappa shape index (κ3) is 5.12. The lowest BCUT2D eigenvalue weighted by Gasteiger charge is -2.31. The number of hydrogen-bond donors (Lipinski definition) is 1. The van der Waals surface area contributed by atoms with E-state index in [0.29, 0.717) is 41.2 Å². The highest BCUT2D eigenvalue weighted by Gasteiger charge is 2.23. The summed E-state index contributed by atoms with van der Waals surface area (Å²) in [4.78, 5) is 40.7. The quantitative estimate of drug-likeness (QED) is 0.553. The Labute approximate surface area is 209 Å². The van der Waals surface area contributed by atoms with Crippen LogP contribution in [-0.4, -0.2) is 51.3 Å². The average molecular weight is 491 g/mol. The van der Waals surface area contributed by atoms with Crippen LogP contribution in [-0.2, 0) is 9.59 Å². The molecule has 0 aliphatic carbocycles. The Kier molecular flexibility index (Phi) is 6.63. The zero-order valence-electron chi connectivity index (χ0n) is 19.6. The molecule has 2 amide bonds. The second-order valence-corrected chi connectivity index (χ2v) is 9.41. The molecule has 0 saturated carbocycles. The van der Waals surface area contributed by atoms with Gasteiger partial charge in [-0.25, -0.2) is 9.97 Å². The fraction of sp³-hybridized carbons (Fsp3) is 0.346. The first-order valence-electron chi connectivity index (χ1n) is 11.9. The summed E-state index contributed by atoms with van der Waals surface area (Å²) in [6.07, 6.45) is 8.26. The molecule has 2 aliphatic rings. The first-order chi connectivity index (χ1) is 17.0. The van der Waals surface area contributed by atoms with Gasteiger partial charge in [-0.2, -0.15) is 0 Å². The number of carbonyl (C=O) groups excluding carboxylic acids is 2. The summed E-state index contributed by atoms with van der Waals surface area (Å²) in [5.41, 5.74) is 4.24. The minimum absolute atomic E-state index is 0.112. The van der Waals surface area contributed by atoms with Gasteiger partial charge in [-0.1, -0.05) is 29.8 Å². The molecule has 0 unspecified atom stereocenters. The van der Waals surface area contributed by atoms with Gasteiger partial charge in [0.05, 0.1) is 40.7 Å². The molecule has 0 spiro atoms. The highest BCUT2D eigenvalue weighted by molar-refractivity contribution is 6.32. The van der Waals surface area contributed by atoms with Crippen molar-refractivity contribution in [1.82, 2.24) is 19.9 Å². The van der Waals surface area contributed by atoms with Crippen LogP contribution < -0.4 is 10.2 Å². The zero-order chi connectivity index (χ0) is 24.4. The summed E-state index contributed by atoms with van der Waals surface area (Å²) in [6, 6.07) is 10.2. The van der Waals surface area contributed by atoms with E-state index in [2.05, 4.69) is 32.4 Å². The maximum Gasteiger partial charge on any atom is 0.227 e. The molecule has 0 radical (unpaired) electrons. The number of amides is 2. The van der Waals surface area contributed by atoms with E-state index in [9.17, 15) is 9.59 Å². The molecule has 2 fully saturated rings. The van der Waals surface area contributed by atoms with Crippen molar-refractivity contribution in [3.63, 3.8) is 0 Å². The Balaban J connectivity index is 1.35. The number of carbonyl (C=O) groups is 2. The number of likely N-dealkylation sites (tertiary alicyclic amines) is 1. The average Bonchev–Trinajstić information content (AvgIpc) is 3.31. The van der Waals surface area contributed by atoms with Crippen LogP contribution in [0.25, 0.3) is 11.3 Å². The molecular formula is C26H27ClN6O2. The fourth-order valence-electron chi connectivity index (χ4n) is 4.79. The van der Waals surface area contributed by atoms with Crippen LogP contribution in [0.3, 0.4) is 0 Å². The van der Waals surface area contributed by atoms with Crippen LogP contribution in [0.5, 0.6) is 0 Å². The molecule has 5 rings (SSSR count). The molecule has 35 heavy (non-hydrogen) atoms. The fourth-order valence-corrected chi connectivity index (χ4v) is 4.99. The number of anilines is 3. The summed E-state index contributed by atoms with van der Waals surface area (Å²) >= 11 is 6.50. The van der Waals surface area contributed by atoms with Crippen molar-refractivity contribution in [1.29, 1.82) is 0 Å². The predicted molar refractivity (Wildman–Crippen MR) is 136 cm³/mol. The molecule has 8 nitrogen and oxygen atoms in total. The molecule has 0 bridgehead atoms. The maximum absolute atomic E-state index is 12.1. The normalized spacial score (nSPS) is 16.6. The van der Waals surface area contributed by atoms with Gasteiger partial charge in [-0.15, -0.1) is 0 Å². The molecule has 1 aromatic carbocycles. The molecule has 180 valence electrons. The molecule has 1 N–H and O–H groups in total. The largest absolute Gasteiger partial charge is 0.343 e. The summed E-state index contributed by atoms with van der Waals surface area (Å²) in [7, 11) is 0. The zero-order valence-corrected chi connectivity index (χ0v) is 20.3. The van der Waals surface area contributed by atoms with Crippen molar-refractivity contribution < 1.29 is 9.59 Å². The van der Waals surface area contributed by atoms with Gasteiger partial charge in [0.1, 0.15) is 0 Å². The van der Waals surface area contributed by atoms with Gasteiger partial charge in [0.25, 0.3) is 0 Å². The number of piperidine rings is 1. The summed E-state index contributed by atoms with van der Waals surface area (Å²) in [5.74, 6) is 1.04. The minimum Gasteiger partial charge on any atom is -0.343 e. The number of benzene rings is 1. The van der Waals surface area contributed by atoms with Crippen LogP contribution in [0.15, 0.2) is 48.9 Å². The number of halogens is 1. The monoisotopic (exact) mass is 490 g/mol. The number of rotatable bonds is 5. The van der Waals surface area contributed by atoms with Crippen molar-refractivity contribution in [2.45, 2.75) is 38.5 Å². The van der Waals surface area contributed by atoms with Crippen molar-refractivity contribution in [2.75, 3.05) is 29.9 Å². The number of pyridine rings is 1. The van der Waals surface area contributed by atoms with Crippen LogP contribution in [0.1, 0.15) is 44.1 Å². The molecule has 2 aromatic heterocycles. The van der Waals surface area contributed by atoms with E-state index in [4.69, 9.17) is 11.6 Å². The standard InChI is InChI=1S/C26H27ClN6O2/c1-17(34)32-10-7-18(8-11-32)19-4-2-5-20(12-19)25-23(27)16-29-26(31-25)30-21-13-22(15-28-14-21)33-9-3-6-24(33)35/h2,4-5,12-16,18H,3,6-11H2,1H3,(H,29,30,31). The second-order valence-electron chi connectivity index (χ2n) is 9.00. The Bertz CT molecular complexity index is 1260. The third-order valence-electron chi connectivity index (χ3n) is 6.68. The Morgan fingerprint density at radius 2 is 1.94 bits per heavy atom. The van der Waals surface area contributed by atoms with Gasteiger partial charge in [0.2, 0.25) is 17.8 Å². The Morgan fingerprint density at radius 3 is 2.69 bits per heavy atom. The topological polar surface area (TPSA) is 91.3 Å². The van der Waals surface area contributed by atoms with Crippen LogP contribution >= 0.6 is 11.6 Å². The van der Waals surface area contributed by atoms with Crippen molar-refractivity contribution in [3.8, 4) is 11.3 Å². The van der Waals surface area contributed by atoms with Gasteiger partial charge in [0, 0.05) is 38.5 Å². The third-order valence-corrected chi connectivity index (χ3v) is 6.96. The van der Waals surface area contributed by atoms with Crippen molar-refractivity contribution in [3.05, 3.63) is 59.5 Å². The summed E-state index contributed by atoms with van der Waals surface area (Å²) in [5, 5.41) is 3.66. The highest BCUT2D eigenvalue weighted by atomic mass is 35.5. The SMILES string of the molecule is CC(=O)N1CCC(c2cccc(-c3nc(Nc4cncc(N5CCCC5=O)c4)ncc3Cl)c2)CC1. The van der Waals surface area contributed by atoms with Gasteiger partial charge >= 0.3 is 0 Å². The second kappa shape index (κ2) is 10.00. The van der Waals surface area contributed by atoms with E-state index in [-0.39, 0.29) is 11.8 Å². The van der Waals surface area contributed by atoms with Crippen LogP contribution in [0, 0.1) is 0 Å². The van der Waals surface area contributed by atoms with E-state index in [1.165, 1.54) is 5.56 Å². The number of hydrogen-bond acceptors (Lipinski definition) is 6. The first-order valence-corrected chi connectivity index (χ1v) is 12.3. The lowest BCUT2D eigenvalue weighted by molar-refractivity contribution is -0.129. The van der Waals surface area contributed by atoms with E-state index >= 15 is 0 Å². The number of aromatic nitrogens is 3.